The molecule has 0 rings (SSSR count). The van der Waals surface area contributed by atoms with E-state index in [1.165, 1.54) is 0 Å². The third-order valence-electron chi connectivity index (χ3n) is 0.615. The van der Waals surface area contributed by atoms with E-state index in [0.717, 1.165) is 0 Å². The van der Waals surface area contributed by atoms with Gasteiger partial charge in [-0.05, 0) is 0 Å². The number of hydrogen-bond acceptors (Lipinski definition) is 1. The molecule has 54 valence electrons. The second kappa shape index (κ2) is 4.88. The molecule has 4 heteroatoms. The predicted molar refractivity (Wildman–Crippen MR) is 36.9 cm³/mol. The summed E-state index contributed by atoms with van der Waals surface area (Å²) in [6.45, 7) is 3.58. The van der Waals surface area contributed by atoms with Gasteiger partial charge < -0.3 is 5.32 Å². The maximum atomic E-state index is 11.4. The molecule has 0 aliphatic rings. The van der Waals surface area contributed by atoms with Crippen molar-refractivity contribution in [2.75, 3.05) is 13.1 Å². The molecule has 0 bridgehead atoms. The largest absolute Gasteiger partial charge is 0.307 e. The zero-order chi connectivity index (χ0) is 7.28. The Kier molecular flexibility index (Phi) is 4.90. The van der Waals surface area contributed by atoms with Crippen LogP contribution in [0.15, 0.2) is 11.1 Å². The topological polar surface area (TPSA) is 12.0 Å². The standard InChI is InChI=1S/C5H8BrF2N/c1-4(6)2-9-3-5(7)8/h5,9H,1-3H2. The lowest BCUT2D eigenvalue weighted by Crippen LogP contribution is -2.21. The van der Waals surface area contributed by atoms with Crippen molar-refractivity contribution in [1.82, 2.24) is 5.32 Å². The highest BCUT2D eigenvalue weighted by atomic mass is 79.9. The third kappa shape index (κ3) is 8.04. The van der Waals surface area contributed by atoms with E-state index in [0.29, 0.717) is 11.0 Å². The monoisotopic (exact) mass is 199 g/mol. The Bertz CT molecular complexity index is 95.0. The lowest BCUT2D eigenvalue weighted by atomic mass is 10.6. The van der Waals surface area contributed by atoms with Gasteiger partial charge in [0.2, 0.25) is 0 Å². The van der Waals surface area contributed by atoms with Crippen LogP contribution in [0, 0.1) is 0 Å². The van der Waals surface area contributed by atoms with Crippen LogP contribution in [0.2, 0.25) is 0 Å². The molecule has 0 fully saturated rings. The summed E-state index contributed by atoms with van der Waals surface area (Å²) in [5.41, 5.74) is 0. The Morgan fingerprint density at radius 3 is 2.56 bits per heavy atom. The minimum atomic E-state index is -2.28. The Balaban J connectivity index is 3.01. The zero-order valence-corrected chi connectivity index (χ0v) is 6.42. The molecule has 0 unspecified atom stereocenters. The van der Waals surface area contributed by atoms with Gasteiger partial charge in [-0.15, -0.1) is 0 Å². The molecule has 0 heterocycles. The lowest BCUT2D eigenvalue weighted by molar-refractivity contribution is 0.147. The Morgan fingerprint density at radius 1 is 1.67 bits per heavy atom. The number of hydrogen-bond donors (Lipinski definition) is 1. The highest BCUT2D eigenvalue weighted by Crippen LogP contribution is 1.97. The molecule has 1 N–H and O–H groups in total. The van der Waals surface area contributed by atoms with Gasteiger partial charge in [-0.2, -0.15) is 0 Å². The van der Waals surface area contributed by atoms with Gasteiger partial charge in [-0.3, -0.25) is 0 Å². The first-order valence-electron chi connectivity index (χ1n) is 2.45. The quantitative estimate of drug-likeness (QED) is 0.728. The van der Waals surface area contributed by atoms with Crippen molar-refractivity contribution in [2.24, 2.45) is 0 Å². The van der Waals surface area contributed by atoms with Crippen molar-refractivity contribution in [1.29, 1.82) is 0 Å². The molecule has 0 aromatic rings. The average Bonchev–Trinajstić information content (AvgIpc) is 1.63. The molecule has 0 saturated carbocycles. The molecule has 0 aromatic heterocycles. The summed E-state index contributed by atoms with van der Waals surface area (Å²) in [5, 5.41) is 2.49. The summed E-state index contributed by atoms with van der Waals surface area (Å²) in [6.07, 6.45) is -2.28. The van der Waals surface area contributed by atoms with Crippen LogP contribution in [0.4, 0.5) is 8.78 Å². The fourth-order valence-corrected chi connectivity index (χ4v) is 0.515. The zero-order valence-electron chi connectivity index (χ0n) is 4.83. The van der Waals surface area contributed by atoms with Crippen LogP contribution in [0.1, 0.15) is 0 Å². The lowest BCUT2D eigenvalue weighted by Gasteiger charge is -1.99. The average molecular weight is 200 g/mol. The van der Waals surface area contributed by atoms with Crippen LogP contribution in [0.5, 0.6) is 0 Å². The molecule has 0 saturated heterocycles. The highest BCUT2D eigenvalue weighted by Gasteiger charge is 1.99. The molecular formula is C5H8BrF2N. The summed E-state index contributed by atoms with van der Waals surface area (Å²) < 4.78 is 23.4. The molecule has 0 atom stereocenters. The number of rotatable bonds is 4. The first-order chi connectivity index (χ1) is 4.13. The Hall–Kier alpha value is 0.0400. The molecule has 1 nitrogen and oxygen atoms in total. The predicted octanol–water partition coefficient (Wildman–Crippen LogP) is 1.75. The fourth-order valence-electron chi connectivity index (χ4n) is 0.317. The van der Waals surface area contributed by atoms with Crippen LogP contribution >= 0.6 is 15.9 Å². The molecule has 0 aromatic carbocycles. The molecule has 0 amide bonds. The van der Waals surface area contributed by atoms with Gasteiger partial charge in [0, 0.05) is 11.0 Å². The van der Waals surface area contributed by atoms with E-state index in [4.69, 9.17) is 0 Å². The van der Waals surface area contributed by atoms with Gasteiger partial charge in [-0.25, -0.2) is 8.78 Å². The van der Waals surface area contributed by atoms with Crippen molar-refractivity contribution in [2.45, 2.75) is 6.43 Å². The summed E-state index contributed by atoms with van der Waals surface area (Å²) in [5.74, 6) is 0. The van der Waals surface area contributed by atoms with Gasteiger partial charge in [0.15, 0.2) is 0 Å². The number of halogens is 3. The summed E-state index contributed by atoms with van der Waals surface area (Å²) in [4.78, 5) is 0. The van der Waals surface area contributed by atoms with Crippen LogP contribution in [-0.2, 0) is 0 Å². The summed E-state index contributed by atoms with van der Waals surface area (Å²) in [6, 6.07) is 0. The van der Waals surface area contributed by atoms with Gasteiger partial charge in [0.05, 0.1) is 6.54 Å². The van der Waals surface area contributed by atoms with E-state index in [1.807, 2.05) is 0 Å². The van der Waals surface area contributed by atoms with Crippen molar-refractivity contribution < 1.29 is 8.78 Å². The smallest absolute Gasteiger partial charge is 0.250 e. The minimum Gasteiger partial charge on any atom is -0.307 e. The molecule has 0 spiro atoms. The number of alkyl halides is 2. The van der Waals surface area contributed by atoms with Crippen molar-refractivity contribution in [3.63, 3.8) is 0 Å². The van der Waals surface area contributed by atoms with Crippen molar-refractivity contribution in [3.05, 3.63) is 11.1 Å². The van der Waals surface area contributed by atoms with E-state index in [1.54, 1.807) is 0 Å². The first kappa shape index (κ1) is 9.04. The Morgan fingerprint density at radius 2 is 2.22 bits per heavy atom. The van der Waals surface area contributed by atoms with Crippen LogP contribution in [0.25, 0.3) is 0 Å². The van der Waals surface area contributed by atoms with E-state index in [9.17, 15) is 8.78 Å². The van der Waals surface area contributed by atoms with E-state index in [2.05, 4.69) is 27.8 Å². The van der Waals surface area contributed by atoms with Gasteiger partial charge in [0.25, 0.3) is 6.43 Å². The van der Waals surface area contributed by atoms with Gasteiger partial charge in [-0.1, -0.05) is 22.5 Å². The second-order valence-electron chi connectivity index (χ2n) is 1.54. The van der Waals surface area contributed by atoms with Crippen molar-refractivity contribution in [3.8, 4) is 0 Å². The Labute approximate surface area is 61.3 Å². The molecule has 0 aliphatic carbocycles. The highest BCUT2D eigenvalue weighted by molar-refractivity contribution is 9.11. The van der Waals surface area contributed by atoms with Crippen LogP contribution in [0.3, 0.4) is 0 Å². The normalized spacial score (nSPS) is 10.2. The van der Waals surface area contributed by atoms with Gasteiger partial charge in [0.1, 0.15) is 0 Å². The van der Waals surface area contributed by atoms with Gasteiger partial charge >= 0.3 is 0 Å². The SMILES string of the molecule is C=C(Br)CNCC(F)F. The van der Waals surface area contributed by atoms with E-state index in [-0.39, 0.29) is 6.54 Å². The minimum absolute atomic E-state index is 0.273. The maximum absolute atomic E-state index is 11.4. The number of nitrogens with one attached hydrogen (secondary N) is 1. The van der Waals surface area contributed by atoms with E-state index < -0.39 is 6.43 Å². The second-order valence-corrected chi connectivity index (χ2v) is 2.66. The summed E-state index contributed by atoms with van der Waals surface area (Å²) >= 11 is 3.02. The third-order valence-corrected chi connectivity index (χ3v) is 0.896. The van der Waals surface area contributed by atoms with E-state index >= 15 is 0 Å². The fraction of sp³-hybridized carbons (Fsp3) is 0.600. The van der Waals surface area contributed by atoms with Crippen LogP contribution in [-0.4, -0.2) is 19.5 Å². The van der Waals surface area contributed by atoms with Crippen molar-refractivity contribution >= 4 is 15.9 Å². The maximum Gasteiger partial charge on any atom is 0.250 e. The van der Waals surface area contributed by atoms with Crippen LogP contribution < -0.4 is 5.32 Å². The molecule has 0 radical (unpaired) electrons. The summed E-state index contributed by atoms with van der Waals surface area (Å²) in [7, 11) is 0. The molecule has 0 aliphatic heterocycles. The molecular weight excluding hydrogens is 192 g/mol. The molecule has 9 heavy (non-hydrogen) atoms. The first-order valence-corrected chi connectivity index (χ1v) is 3.24.